The molecule has 1 heterocycles. The number of benzene rings is 1. The number of rotatable bonds is 2. The van der Waals surface area contributed by atoms with Crippen molar-refractivity contribution in [2.75, 3.05) is 0 Å². The fourth-order valence-corrected chi connectivity index (χ4v) is 1.86. The minimum Gasteiger partial charge on any atom is -0.312 e. The van der Waals surface area contributed by atoms with E-state index in [2.05, 4.69) is 6.58 Å². The number of hydrogen-bond acceptors (Lipinski definition) is 1. The maximum Gasteiger partial charge on any atom is 0.227 e. The Hall–Kier alpha value is -1.57. The van der Waals surface area contributed by atoms with Crippen LogP contribution in [0.2, 0.25) is 0 Å². The zero-order valence-corrected chi connectivity index (χ0v) is 8.78. The molecule has 0 saturated carbocycles. The summed E-state index contributed by atoms with van der Waals surface area (Å²) < 4.78 is 0. The van der Waals surface area contributed by atoms with Crippen LogP contribution in [-0.4, -0.2) is 10.8 Å². The third-order valence-corrected chi connectivity index (χ3v) is 2.72. The zero-order valence-electron chi connectivity index (χ0n) is 8.78. The molecule has 1 aromatic carbocycles. The van der Waals surface area contributed by atoms with Crippen LogP contribution >= 0.6 is 0 Å². The van der Waals surface area contributed by atoms with E-state index in [0.29, 0.717) is 13.0 Å². The van der Waals surface area contributed by atoms with Crippen molar-refractivity contribution >= 4 is 5.91 Å². The highest BCUT2D eigenvalue weighted by Crippen LogP contribution is 2.22. The van der Waals surface area contributed by atoms with E-state index in [1.165, 1.54) is 0 Å². The molecule has 0 spiro atoms. The highest BCUT2D eigenvalue weighted by Gasteiger charge is 2.21. The number of allylic oxidation sites excluding steroid dienone is 1. The van der Waals surface area contributed by atoms with E-state index < -0.39 is 0 Å². The highest BCUT2D eigenvalue weighted by molar-refractivity contribution is 5.79. The standard InChI is InChI=1S/C13H15NO/c1-11-6-5-9-13(15)14(11)10-12-7-3-2-4-8-12/h2-4,7-8H,1,5-6,9-10H2. The first-order valence-electron chi connectivity index (χ1n) is 5.29. The van der Waals surface area contributed by atoms with Crippen molar-refractivity contribution in [2.45, 2.75) is 25.8 Å². The molecule has 2 nitrogen and oxygen atoms in total. The number of carbonyl (C=O) groups is 1. The first-order valence-corrected chi connectivity index (χ1v) is 5.29. The van der Waals surface area contributed by atoms with E-state index in [4.69, 9.17) is 0 Å². The average Bonchev–Trinajstić information content (AvgIpc) is 2.25. The van der Waals surface area contributed by atoms with Crippen molar-refractivity contribution in [1.82, 2.24) is 4.90 Å². The molecule has 0 atom stereocenters. The second-order valence-electron chi connectivity index (χ2n) is 3.89. The van der Waals surface area contributed by atoms with Crippen molar-refractivity contribution < 1.29 is 4.79 Å². The number of piperidine rings is 1. The lowest BCUT2D eigenvalue weighted by molar-refractivity contribution is -0.131. The van der Waals surface area contributed by atoms with Gasteiger partial charge in [0.15, 0.2) is 0 Å². The Kier molecular flexibility index (Phi) is 2.86. The van der Waals surface area contributed by atoms with Crippen molar-refractivity contribution in [3.8, 4) is 0 Å². The van der Waals surface area contributed by atoms with Gasteiger partial charge in [-0.2, -0.15) is 0 Å². The van der Waals surface area contributed by atoms with Crippen molar-refractivity contribution in [2.24, 2.45) is 0 Å². The summed E-state index contributed by atoms with van der Waals surface area (Å²) in [5.74, 6) is 0.204. The molecule has 0 radical (unpaired) electrons. The van der Waals surface area contributed by atoms with E-state index in [1.807, 2.05) is 30.3 Å². The molecule has 0 bridgehead atoms. The van der Waals surface area contributed by atoms with Gasteiger partial charge in [0.05, 0.1) is 6.54 Å². The Morgan fingerprint density at radius 3 is 2.60 bits per heavy atom. The maximum atomic E-state index is 11.7. The molecular formula is C13H15NO. The van der Waals surface area contributed by atoms with E-state index in [-0.39, 0.29) is 5.91 Å². The fraction of sp³-hybridized carbons (Fsp3) is 0.308. The Morgan fingerprint density at radius 2 is 1.93 bits per heavy atom. The van der Waals surface area contributed by atoms with Gasteiger partial charge in [0.2, 0.25) is 5.91 Å². The smallest absolute Gasteiger partial charge is 0.227 e. The lowest BCUT2D eigenvalue weighted by atomic mass is 10.1. The van der Waals surface area contributed by atoms with Gasteiger partial charge in [-0.15, -0.1) is 0 Å². The second kappa shape index (κ2) is 4.30. The van der Waals surface area contributed by atoms with Gasteiger partial charge in [0.1, 0.15) is 0 Å². The largest absolute Gasteiger partial charge is 0.312 e. The molecule has 15 heavy (non-hydrogen) atoms. The predicted octanol–water partition coefficient (Wildman–Crippen LogP) is 2.71. The number of carbonyl (C=O) groups excluding carboxylic acids is 1. The molecule has 0 N–H and O–H groups in total. The summed E-state index contributed by atoms with van der Waals surface area (Å²) in [6.07, 6.45) is 2.55. The normalized spacial score (nSPS) is 16.9. The first kappa shape index (κ1) is 9.97. The van der Waals surface area contributed by atoms with Crippen LogP contribution in [0, 0.1) is 0 Å². The quantitative estimate of drug-likeness (QED) is 0.720. The third kappa shape index (κ3) is 2.27. The molecule has 1 saturated heterocycles. The Balaban J connectivity index is 2.10. The summed E-state index contributed by atoms with van der Waals surface area (Å²) in [4.78, 5) is 13.5. The minimum absolute atomic E-state index is 0.204. The van der Waals surface area contributed by atoms with Gasteiger partial charge in [-0.1, -0.05) is 36.9 Å². The summed E-state index contributed by atoms with van der Waals surface area (Å²) >= 11 is 0. The second-order valence-corrected chi connectivity index (χ2v) is 3.89. The molecule has 1 aromatic rings. The molecule has 78 valence electrons. The molecule has 2 rings (SSSR count). The Bertz CT molecular complexity index is 353. The van der Waals surface area contributed by atoms with Crippen LogP contribution < -0.4 is 0 Å². The van der Waals surface area contributed by atoms with Gasteiger partial charge < -0.3 is 4.90 Å². The predicted molar refractivity (Wildman–Crippen MR) is 60.0 cm³/mol. The molecule has 1 aliphatic rings. The summed E-state index contributed by atoms with van der Waals surface area (Å²) in [6.45, 7) is 4.61. The topological polar surface area (TPSA) is 20.3 Å². The van der Waals surface area contributed by atoms with Crippen molar-refractivity contribution in [1.29, 1.82) is 0 Å². The molecule has 1 fully saturated rings. The van der Waals surface area contributed by atoms with E-state index >= 15 is 0 Å². The summed E-state index contributed by atoms with van der Waals surface area (Å²) in [7, 11) is 0. The van der Waals surface area contributed by atoms with Gasteiger partial charge in [0, 0.05) is 12.1 Å². The minimum atomic E-state index is 0.204. The number of hydrogen-bond donors (Lipinski definition) is 0. The molecular weight excluding hydrogens is 186 g/mol. The molecule has 0 aliphatic carbocycles. The van der Waals surface area contributed by atoms with E-state index in [1.54, 1.807) is 4.90 Å². The Morgan fingerprint density at radius 1 is 1.20 bits per heavy atom. The van der Waals surface area contributed by atoms with Crippen LogP contribution in [0.25, 0.3) is 0 Å². The van der Waals surface area contributed by atoms with Crippen LogP contribution in [0.4, 0.5) is 0 Å². The number of amides is 1. The fourth-order valence-electron chi connectivity index (χ4n) is 1.86. The molecule has 0 unspecified atom stereocenters. The van der Waals surface area contributed by atoms with Crippen molar-refractivity contribution in [3.05, 3.63) is 48.2 Å². The van der Waals surface area contributed by atoms with Crippen molar-refractivity contribution in [3.63, 3.8) is 0 Å². The summed E-state index contributed by atoms with van der Waals surface area (Å²) in [6, 6.07) is 10.0. The Labute approximate surface area is 90.2 Å². The lowest BCUT2D eigenvalue weighted by Crippen LogP contribution is -2.32. The van der Waals surface area contributed by atoms with Crippen LogP contribution in [0.5, 0.6) is 0 Å². The molecule has 0 aromatic heterocycles. The van der Waals surface area contributed by atoms with E-state index in [0.717, 1.165) is 24.1 Å². The van der Waals surface area contributed by atoms with Gasteiger partial charge >= 0.3 is 0 Å². The number of likely N-dealkylation sites (tertiary alicyclic amines) is 1. The zero-order chi connectivity index (χ0) is 10.7. The highest BCUT2D eigenvalue weighted by atomic mass is 16.2. The van der Waals surface area contributed by atoms with Crippen LogP contribution in [0.3, 0.4) is 0 Å². The maximum absolute atomic E-state index is 11.7. The average molecular weight is 201 g/mol. The monoisotopic (exact) mass is 201 g/mol. The molecule has 1 amide bonds. The van der Waals surface area contributed by atoms with Crippen LogP contribution in [0.1, 0.15) is 24.8 Å². The summed E-state index contributed by atoms with van der Waals surface area (Å²) in [5, 5.41) is 0. The SMILES string of the molecule is C=C1CCCC(=O)N1Cc1ccccc1. The first-order chi connectivity index (χ1) is 7.27. The summed E-state index contributed by atoms with van der Waals surface area (Å²) in [5.41, 5.74) is 2.11. The van der Waals surface area contributed by atoms with Gasteiger partial charge in [-0.25, -0.2) is 0 Å². The number of nitrogens with zero attached hydrogens (tertiary/aromatic N) is 1. The molecule has 1 aliphatic heterocycles. The van der Waals surface area contributed by atoms with E-state index in [9.17, 15) is 4.79 Å². The molecule has 2 heteroatoms. The lowest BCUT2D eigenvalue weighted by Gasteiger charge is -2.28. The van der Waals surface area contributed by atoms with Crippen LogP contribution in [-0.2, 0) is 11.3 Å². The van der Waals surface area contributed by atoms with Gasteiger partial charge in [-0.05, 0) is 18.4 Å². The third-order valence-electron chi connectivity index (χ3n) is 2.72. The van der Waals surface area contributed by atoms with Crippen LogP contribution in [0.15, 0.2) is 42.6 Å². The van der Waals surface area contributed by atoms with Gasteiger partial charge in [-0.3, -0.25) is 4.79 Å². The van der Waals surface area contributed by atoms with Gasteiger partial charge in [0.25, 0.3) is 0 Å².